The van der Waals surface area contributed by atoms with Gasteiger partial charge in [-0.05, 0) is 26.7 Å². The molecule has 2 heterocycles. The third-order valence-corrected chi connectivity index (χ3v) is 3.99. The Labute approximate surface area is 75.5 Å². The first-order chi connectivity index (χ1) is 5.70. The fourth-order valence-corrected chi connectivity index (χ4v) is 2.86. The summed E-state index contributed by atoms with van der Waals surface area (Å²) < 4.78 is 0. The average Bonchev–Trinajstić information content (AvgIpc) is 2.41. The Bertz CT molecular complexity index is 169. The molecule has 0 aliphatic carbocycles. The smallest absolute Gasteiger partial charge is 0.100 e. The Morgan fingerprint density at radius 1 is 1.25 bits per heavy atom. The molecule has 70 valence electrons. The molecule has 2 rings (SSSR count). The van der Waals surface area contributed by atoms with Gasteiger partial charge in [0.15, 0.2) is 0 Å². The monoisotopic (exact) mass is 169 g/mol. The molecule has 12 heavy (non-hydrogen) atoms. The highest BCUT2D eigenvalue weighted by molar-refractivity contribution is 4.89. The molecule has 2 heteroatoms. The predicted octanol–water partition coefficient (Wildman–Crippen LogP) is -0.244. The van der Waals surface area contributed by atoms with Gasteiger partial charge in [-0.3, -0.25) is 4.90 Å². The van der Waals surface area contributed by atoms with E-state index >= 15 is 0 Å². The normalized spacial score (nSPS) is 49.2. The van der Waals surface area contributed by atoms with E-state index in [0.717, 1.165) is 18.1 Å². The molecule has 0 aromatic rings. The van der Waals surface area contributed by atoms with Gasteiger partial charge in [-0.2, -0.15) is 0 Å². The van der Waals surface area contributed by atoms with Gasteiger partial charge in [-0.1, -0.05) is 0 Å². The molecule has 0 bridgehead atoms. The molecule has 0 amide bonds. The van der Waals surface area contributed by atoms with E-state index in [0.29, 0.717) is 0 Å². The summed E-state index contributed by atoms with van der Waals surface area (Å²) in [4.78, 5) is 4.45. The van der Waals surface area contributed by atoms with Crippen molar-refractivity contribution in [3.63, 3.8) is 0 Å². The quantitative estimate of drug-likeness (QED) is 0.526. The van der Waals surface area contributed by atoms with Gasteiger partial charge in [0.25, 0.3) is 0 Å². The lowest BCUT2D eigenvalue weighted by atomic mass is 10.0. The van der Waals surface area contributed by atoms with Crippen LogP contribution in [0.15, 0.2) is 0 Å². The number of hydrogen-bond donors (Lipinski definition) is 1. The van der Waals surface area contributed by atoms with Crippen molar-refractivity contribution < 1.29 is 4.90 Å². The minimum Gasteiger partial charge on any atom is -0.333 e. The van der Waals surface area contributed by atoms with Crippen LogP contribution >= 0.6 is 0 Å². The molecule has 4 atom stereocenters. The molecule has 2 aliphatic rings. The van der Waals surface area contributed by atoms with Crippen molar-refractivity contribution in [1.29, 1.82) is 0 Å². The molecule has 0 saturated carbocycles. The van der Waals surface area contributed by atoms with Crippen LogP contribution in [0, 0.1) is 0 Å². The highest BCUT2D eigenvalue weighted by Gasteiger charge is 2.40. The van der Waals surface area contributed by atoms with Crippen LogP contribution in [0.4, 0.5) is 0 Å². The Kier molecular flexibility index (Phi) is 2.13. The van der Waals surface area contributed by atoms with Crippen LogP contribution in [0.5, 0.6) is 0 Å². The van der Waals surface area contributed by atoms with E-state index in [2.05, 4.69) is 25.8 Å². The summed E-state index contributed by atoms with van der Waals surface area (Å²) in [6.45, 7) is 7.45. The van der Waals surface area contributed by atoms with Crippen LogP contribution in [0.1, 0.15) is 26.7 Å². The van der Waals surface area contributed by atoms with Crippen LogP contribution in [0.2, 0.25) is 0 Å². The molecule has 0 radical (unpaired) electrons. The number of piperazine rings is 1. The fourth-order valence-electron chi connectivity index (χ4n) is 2.86. The molecule has 1 N–H and O–H groups in total. The number of hydrogen-bond acceptors (Lipinski definition) is 1. The molecular formula is C10H21N2+. The summed E-state index contributed by atoms with van der Waals surface area (Å²) >= 11 is 0. The van der Waals surface area contributed by atoms with E-state index in [1.54, 1.807) is 4.90 Å². The first kappa shape index (κ1) is 8.52. The number of nitrogens with zero attached hydrogens (tertiary/aromatic N) is 1. The second-order valence-corrected chi connectivity index (χ2v) is 4.62. The third kappa shape index (κ3) is 1.17. The first-order valence-electron chi connectivity index (χ1n) is 5.28. The maximum absolute atomic E-state index is 2.72. The highest BCUT2D eigenvalue weighted by atomic mass is 15.3. The maximum Gasteiger partial charge on any atom is 0.100 e. The highest BCUT2D eigenvalue weighted by Crippen LogP contribution is 2.25. The van der Waals surface area contributed by atoms with Crippen molar-refractivity contribution in [2.75, 3.05) is 20.1 Å². The van der Waals surface area contributed by atoms with Gasteiger partial charge >= 0.3 is 0 Å². The van der Waals surface area contributed by atoms with E-state index in [4.69, 9.17) is 0 Å². The zero-order chi connectivity index (χ0) is 8.72. The van der Waals surface area contributed by atoms with Crippen molar-refractivity contribution in [3.05, 3.63) is 0 Å². The molecule has 2 fully saturated rings. The van der Waals surface area contributed by atoms with E-state index in [1.165, 1.54) is 25.9 Å². The van der Waals surface area contributed by atoms with Crippen LogP contribution in [-0.4, -0.2) is 43.2 Å². The van der Waals surface area contributed by atoms with Crippen molar-refractivity contribution in [2.45, 2.75) is 44.8 Å². The van der Waals surface area contributed by atoms with Crippen molar-refractivity contribution >= 4 is 0 Å². The second-order valence-electron chi connectivity index (χ2n) is 4.62. The zero-order valence-electron chi connectivity index (χ0n) is 8.51. The molecular weight excluding hydrogens is 148 g/mol. The first-order valence-corrected chi connectivity index (χ1v) is 5.28. The van der Waals surface area contributed by atoms with Gasteiger partial charge in [0.1, 0.15) is 6.04 Å². The van der Waals surface area contributed by atoms with E-state index in [9.17, 15) is 0 Å². The van der Waals surface area contributed by atoms with Gasteiger partial charge in [0, 0.05) is 12.6 Å². The molecule has 4 unspecified atom stereocenters. The minimum absolute atomic E-state index is 0.851. The number of likely N-dealkylation sites (N-methyl/N-ethyl adjacent to an activating group) is 1. The maximum atomic E-state index is 2.72. The lowest BCUT2D eigenvalue weighted by Crippen LogP contribution is -3.16. The Hall–Kier alpha value is -0.0800. The molecule has 0 spiro atoms. The average molecular weight is 169 g/mol. The Balaban J connectivity index is 2.09. The SMILES string of the molecule is CC1CCC2C(C)[NH+](C)CCN12. The standard InChI is InChI=1S/C10H20N2/c1-8-4-5-10-9(2)11(3)6-7-12(8)10/h8-10H,4-7H2,1-3H3/p+1. The summed E-state index contributed by atoms with van der Waals surface area (Å²) in [5.74, 6) is 0. The number of rotatable bonds is 0. The van der Waals surface area contributed by atoms with Gasteiger partial charge in [-0.15, -0.1) is 0 Å². The van der Waals surface area contributed by atoms with Crippen molar-refractivity contribution in [1.82, 2.24) is 4.90 Å². The predicted molar refractivity (Wildman–Crippen MR) is 50.4 cm³/mol. The van der Waals surface area contributed by atoms with Gasteiger partial charge in [0.2, 0.25) is 0 Å². The van der Waals surface area contributed by atoms with Crippen LogP contribution in [0.3, 0.4) is 0 Å². The molecule has 2 aliphatic heterocycles. The van der Waals surface area contributed by atoms with Crippen LogP contribution < -0.4 is 4.90 Å². The molecule has 2 nitrogen and oxygen atoms in total. The number of quaternary nitrogens is 1. The number of nitrogens with one attached hydrogen (secondary N) is 1. The lowest BCUT2D eigenvalue weighted by Gasteiger charge is -2.40. The van der Waals surface area contributed by atoms with Crippen LogP contribution in [0.25, 0.3) is 0 Å². The Morgan fingerprint density at radius 3 is 2.75 bits per heavy atom. The van der Waals surface area contributed by atoms with E-state index < -0.39 is 0 Å². The third-order valence-electron chi connectivity index (χ3n) is 3.99. The fraction of sp³-hybridized carbons (Fsp3) is 1.00. The lowest BCUT2D eigenvalue weighted by molar-refractivity contribution is -0.912. The number of fused-ring (bicyclic) bond motifs is 1. The van der Waals surface area contributed by atoms with E-state index in [1.807, 2.05) is 0 Å². The zero-order valence-corrected chi connectivity index (χ0v) is 8.51. The summed E-state index contributed by atoms with van der Waals surface area (Å²) in [6, 6.07) is 2.59. The van der Waals surface area contributed by atoms with Gasteiger partial charge < -0.3 is 4.90 Å². The van der Waals surface area contributed by atoms with Crippen molar-refractivity contribution in [3.8, 4) is 0 Å². The second kappa shape index (κ2) is 3.00. The summed E-state index contributed by atoms with van der Waals surface area (Å²) in [7, 11) is 2.34. The summed E-state index contributed by atoms with van der Waals surface area (Å²) in [5, 5.41) is 0. The largest absolute Gasteiger partial charge is 0.333 e. The minimum atomic E-state index is 0.851. The molecule has 0 aromatic heterocycles. The van der Waals surface area contributed by atoms with Gasteiger partial charge in [-0.25, -0.2) is 0 Å². The van der Waals surface area contributed by atoms with Gasteiger partial charge in [0.05, 0.1) is 19.6 Å². The Morgan fingerprint density at radius 2 is 2.00 bits per heavy atom. The van der Waals surface area contributed by atoms with Crippen molar-refractivity contribution in [2.24, 2.45) is 0 Å². The molecule has 0 aromatic carbocycles. The summed E-state index contributed by atoms with van der Waals surface area (Å²) in [5.41, 5.74) is 0. The van der Waals surface area contributed by atoms with E-state index in [-0.39, 0.29) is 0 Å². The molecule has 2 saturated heterocycles. The van der Waals surface area contributed by atoms with Crippen LogP contribution in [-0.2, 0) is 0 Å². The topological polar surface area (TPSA) is 7.68 Å². The summed E-state index contributed by atoms with van der Waals surface area (Å²) in [6.07, 6.45) is 2.85.